The van der Waals surface area contributed by atoms with E-state index in [1.165, 1.54) is 30.3 Å². The van der Waals surface area contributed by atoms with Crippen LogP contribution in [0.5, 0.6) is 0 Å². The highest BCUT2D eigenvalue weighted by Gasteiger charge is 2.16. The molecule has 0 spiro atoms. The fourth-order valence-corrected chi connectivity index (χ4v) is 3.67. The molecule has 0 heterocycles. The van der Waals surface area contributed by atoms with Gasteiger partial charge >= 0.3 is 0 Å². The lowest BCUT2D eigenvalue weighted by atomic mass is 10.1. The smallest absolute Gasteiger partial charge is 0.261 e. The lowest BCUT2D eigenvalue weighted by Gasteiger charge is -2.10. The summed E-state index contributed by atoms with van der Waals surface area (Å²) in [4.78, 5) is 23.6. The van der Waals surface area contributed by atoms with Gasteiger partial charge in [-0.15, -0.1) is 0 Å². The number of hydrogen-bond donors (Lipinski definition) is 3. The molecule has 0 bridgehead atoms. The Balaban J connectivity index is 1.74. The van der Waals surface area contributed by atoms with Crippen molar-refractivity contribution in [2.24, 2.45) is 5.73 Å². The van der Waals surface area contributed by atoms with Gasteiger partial charge in [0.25, 0.3) is 21.8 Å². The van der Waals surface area contributed by atoms with E-state index in [4.69, 9.17) is 5.73 Å². The first kappa shape index (κ1) is 21.0. The van der Waals surface area contributed by atoms with E-state index < -0.39 is 27.7 Å². The summed E-state index contributed by atoms with van der Waals surface area (Å²) in [7, 11) is -3.82. The van der Waals surface area contributed by atoms with Crippen LogP contribution in [-0.4, -0.2) is 20.2 Å². The molecular formula is C21H18FN3O4S. The summed E-state index contributed by atoms with van der Waals surface area (Å²) in [6, 6.07) is 15.6. The van der Waals surface area contributed by atoms with Gasteiger partial charge in [0.15, 0.2) is 0 Å². The Morgan fingerprint density at radius 3 is 2.10 bits per heavy atom. The van der Waals surface area contributed by atoms with E-state index in [2.05, 4.69) is 10.0 Å². The number of nitrogens with one attached hydrogen (secondary N) is 2. The Hall–Kier alpha value is -3.72. The van der Waals surface area contributed by atoms with Gasteiger partial charge in [-0.05, 0) is 61.5 Å². The number of aryl methyl sites for hydroxylation is 1. The maximum Gasteiger partial charge on any atom is 0.261 e. The molecule has 30 heavy (non-hydrogen) atoms. The number of amides is 2. The first-order chi connectivity index (χ1) is 14.2. The lowest BCUT2D eigenvalue weighted by molar-refractivity contribution is 0.0992. The van der Waals surface area contributed by atoms with Gasteiger partial charge in [0.1, 0.15) is 5.82 Å². The fourth-order valence-electron chi connectivity index (χ4n) is 2.62. The van der Waals surface area contributed by atoms with Gasteiger partial charge < -0.3 is 11.1 Å². The number of carbonyl (C=O) groups excluding carboxylic acids is 2. The van der Waals surface area contributed by atoms with Crippen molar-refractivity contribution in [1.29, 1.82) is 0 Å². The van der Waals surface area contributed by atoms with Crippen LogP contribution in [0.4, 0.5) is 15.8 Å². The third-order valence-electron chi connectivity index (χ3n) is 4.22. The van der Waals surface area contributed by atoms with Crippen LogP contribution in [0.25, 0.3) is 0 Å². The van der Waals surface area contributed by atoms with Gasteiger partial charge in [0.05, 0.1) is 10.5 Å². The molecule has 0 unspecified atom stereocenters. The molecule has 0 radical (unpaired) electrons. The zero-order valence-electron chi connectivity index (χ0n) is 15.8. The minimum absolute atomic E-state index is 0.0163. The highest BCUT2D eigenvalue weighted by Crippen LogP contribution is 2.19. The predicted octanol–water partition coefficient (Wildman–Crippen LogP) is 3.29. The number of sulfonamides is 1. The number of carbonyl (C=O) groups is 2. The number of benzene rings is 3. The molecule has 3 rings (SSSR count). The average Bonchev–Trinajstić information content (AvgIpc) is 2.71. The number of halogens is 1. The summed E-state index contributed by atoms with van der Waals surface area (Å²) >= 11 is 0. The molecule has 2 amide bonds. The third-order valence-corrected chi connectivity index (χ3v) is 5.62. The minimum Gasteiger partial charge on any atom is -0.366 e. The first-order valence-electron chi connectivity index (χ1n) is 8.76. The maximum atomic E-state index is 13.5. The summed E-state index contributed by atoms with van der Waals surface area (Å²) in [5, 5.41) is 2.51. The summed E-state index contributed by atoms with van der Waals surface area (Å²) in [5.41, 5.74) is 6.51. The van der Waals surface area contributed by atoms with Crippen LogP contribution in [0.3, 0.4) is 0 Å². The van der Waals surface area contributed by atoms with E-state index >= 15 is 0 Å². The van der Waals surface area contributed by atoms with Gasteiger partial charge in [-0.2, -0.15) is 0 Å². The summed E-state index contributed by atoms with van der Waals surface area (Å²) in [5.74, 6) is -2.32. The topological polar surface area (TPSA) is 118 Å². The third kappa shape index (κ3) is 4.81. The molecule has 3 aromatic carbocycles. The van der Waals surface area contributed by atoms with Crippen molar-refractivity contribution in [3.63, 3.8) is 0 Å². The zero-order valence-corrected chi connectivity index (χ0v) is 16.7. The highest BCUT2D eigenvalue weighted by atomic mass is 32.2. The van der Waals surface area contributed by atoms with Crippen molar-refractivity contribution in [3.05, 3.63) is 89.2 Å². The van der Waals surface area contributed by atoms with Crippen molar-refractivity contribution in [2.75, 3.05) is 10.0 Å². The monoisotopic (exact) mass is 427 g/mol. The van der Waals surface area contributed by atoms with Crippen LogP contribution in [-0.2, 0) is 10.0 Å². The van der Waals surface area contributed by atoms with E-state index in [9.17, 15) is 22.4 Å². The Bertz CT molecular complexity index is 1210. The Labute approximate surface area is 172 Å². The zero-order chi connectivity index (χ0) is 21.9. The number of anilines is 2. The van der Waals surface area contributed by atoms with E-state index in [1.807, 2.05) is 6.92 Å². The molecule has 0 aliphatic carbocycles. The molecule has 0 saturated heterocycles. The second-order valence-corrected chi connectivity index (χ2v) is 8.19. The minimum atomic E-state index is -3.82. The van der Waals surface area contributed by atoms with Gasteiger partial charge in [0.2, 0.25) is 0 Å². The molecule has 7 nitrogen and oxygen atoms in total. The van der Waals surface area contributed by atoms with Crippen LogP contribution in [0, 0.1) is 12.7 Å². The normalized spacial score (nSPS) is 11.0. The van der Waals surface area contributed by atoms with Gasteiger partial charge in [0, 0.05) is 16.9 Å². The van der Waals surface area contributed by atoms with Crippen LogP contribution in [0.15, 0.2) is 71.6 Å². The van der Waals surface area contributed by atoms with Gasteiger partial charge in [-0.3, -0.25) is 14.3 Å². The second kappa shape index (κ2) is 8.34. The summed E-state index contributed by atoms with van der Waals surface area (Å²) in [6.07, 6.45) is 0. The maximum absolute atomic E-state index is 13.5. The molecule has 4 N–H and O–H groups in total. The SMILES string of the molecule is Cc1ccc(NS(=O)(=O)c2ccc(C(=O)Nc3ccc(F)c(C(N)=O)c3)cc2)cc1. The number of rotatable bonds is 6. The van der Waals surface area contributed by atoms with Crippen molar-refractivity contribution < 1.29 is 22.4 Å². The standard InChI is InChI=1S/C21H18FN3O4S/c1-13-2-6-15(7-3-13)25-30(28,29)17-9-4-14(5-10-17)21(27)24-16-8-11-19(22)18(12-16)20(23)26/h2-12,25H,1H3,(H2,23,26)(H,24,27). The fraction of sp³-hybridized carbons (Fsp3) is 0.0476. The first-order valence-corrected chi connectivity index (χ1v) is 10.2. The molecule has 0 atom stereocenters. The molecule has 0 aromatic heterocycles. The molecule has 9 heteroatoms. The molecular weight excluding hydrogens is 409 g/mol. The van der Waals surface area contributed by atoms with Gasteiger partial charge in [-0.25, -0.2) is 12.8 Å². The molecule has 0 saturated carbocycles. The van der Waals surface area contributed by atoms with E-state index in [-0.39, 0.29) is 21.7 Å². The quantitative estimate of drug-likeness (QED) is 0.559. The van der Waals surface area contributed by atoms with Crippen LogP contribution in [0.1, 0.15) is 26.3 Å². The van der Waals surface area contributed by atoms with E-state index in [0.29, 0.717) is 5.69 Å². The van der Waals surface area contributed by atoms with Crippen molar-refractivity contribution in [1.82, 2.24) is 0 Å². The summed E-state index contributed by atoms with van der Waals surface area (Å²) in [6.45, 7) is 1.89. The van der Waals surface area contributed by atoms with E-state index in [0.717, 1.165) is 17.7 Å². The summed E-state index contributed by atoms with van der Waals surface area (Å²) < 4.78 is 41.0. The molecule has 0 fully saturated rings. The Morgan fingerprint density at radius 1 is 0.900 bits per heavy atom. The predicted molar refractivity (Wildman–Crippen MR) is 111 cm³/mol. The number of hydrogen-bond acceptors (Lipinski definition) is 4. The molecule has 154 valence electrons. The van der Waals surface area contributed by atoms with Crippen molar-refractivity contribution >= 4 is 33.2 Å². The van der Waals surface area contributed by atoms with Gasteiger partial charge in [-0.1, -0.05) is 17.7 Å². The van der Waals surface area contributed by atoms with E-state index in [1.54, 1.807) is 24.3 Å². The molecule has 0 aliphatic rings. The molecule has 0 aliphatic heterocycles. The number of nitrogens with two attached hydrogens (primary N) is 1. The van der Waals surface area contributed by atoms with Crippen molar-refractivity contribution in [2.45, 2.75) is 11.8 Å². The van der Waals surface area contributed by atoms with Crippen LogP contribution < -0.4 is 15.8 Å². The van der Waals surface area contributed by atoms with Crippen LogP contribution >= 0.6 is 0 Å². The number of primary amides is 1. The van der Waals surface area contributed by atoms with Crippen LogP contribution in [0.2, 0.25) is 0 Å². The molecule has 3 aromatic rings. The lowest BCUT2D eigenvalue weighted by Crippen LogP contribution is -2.16. The largest absolute Gasteiger partial charge is 0.366 e. The highest BCUT2D eigenvalue weighted by molar-refractivity contribution is 7.92. The second-order valence-electron chi connectivity index (χ2n) is 6.51. The average molecular weight is 427 g/mol. The Kier molecular flexibility index (Phi) is 5.84. The Morgan fingerprint density at radius 2 is 1.50 bits per heavy atom. The van der Waals surface area contributed by atoms with Crippen molar-refractivity contribution in [3.8, 4) is 0 Å².